The maximum absolute atomic E-state index is 13.3. The number of ether oxygens (including phenoxy) is 2. The van der Waals surface area contributed by atoms with Crippen LogP contribution in [0.3, 0.4) is 0 Å². The van der Waals surface area contributed by atoms with Crippen LogP contribution in [-0.2, 0) is 39.9 Å². The van der Waals surface area contributed by atoms with Gasteiger partial charge in [-0.05, 0) is 24.3 Å². The van der Waals surface area contributed by atoms with Crippen molar-refractivity contribution in [1.29, 1.82) is 0 Å². The lowest BCUT2D eigenvalue weighted by molar-refractivity contribution is -0.146. The first-order valence-electron chi connectivity index (χ1n) is 12.4. The minimum Gasteiger partial charge on any atom is -0.469 e. The smallest absolute Gasteiger partial charge is 0.328 e. The maximum Gasteiger partial charge on any atom is 0.328 e. The Kier molecular flexibility index (Phi) is 14.4. The molecule has 4 atom stereocenters. The van der Waals surface area contributed by atoms with Crippen molar-refractivity contribution >= 4 is 29.7 Å². The normalized spacial score (nSPS) is 13.8. The molecule has 1 rings (SSSR count). The molecular formula is C27H39N3O8. The Morgan fingerprint density at radius 2 is 1.47 bits per heavy atom. The Labute approximate surface area is 223 Å². The predicted octanol–water partition coefficient (Wildman–Crippen LogP) is 0.793. The van der Waals surface area contributed by atoms with E-state index in [0.717, 1.165) is 12.7 Å². The molecule has 0 aliphatic heterocycles. The molecule has 0 radical (unpaired) electrons. The summed E-state index contributed by atoms with van der Waals surface area (Å²) in [5.41, 5.74) is 0.754. The van der Waals surface area contributed by atoms with E-state index < -0.39 is 53.9 Å². The summed E-state index contributed by atoms with van der Waals surface area (Å²) in [7, 11) is 2.37. The Morgan fingerprint density at radius 1 is 0.895 bits per heavy atom. The second kappa shape index (κ2) is 16.9. The van der Waals surface area contributed by atoms with Gasteiger partial charge >= 0.3 is 11.9 Å². The fourth-order valence-electron chi connectivity index (χ4n) is 3.59. The summed E-state index contributed by atoms with van der Waals surface area (Å²) in [5.74, 6) is -3.36. The van der Waals surface area contributed by atoms with Gasteiger partial charge in [0.15, 0.2) is 0 Å². The van der Waals surface area contributed by atoms with Crippen LogP contribution in [0.25, 0.3) is 0 Å². The molecule has 1 aromatic carbocycles. The quantitative estimate of drug-likeness (QED) is 0.179. The second-order valence-corrected chi connectivity index (χ2v) is 9.18. The van der Waals surface area contributed by atoms with Crippen LogP contribution in [0.15, 0.2) is 43.0 Å². The number of carbonyl (C=O) groups is 5. The molecule has 11 heteroatoms. The van der Waals surface area contributed by atoms with Crippen molar-refractivity contribution in [1.82, 2.24) is 16.0 Å². The van der Waals surface area contributed by atoms with Crippen molar-refractivity contribution in [2.24, 2.45) is 5.92 Å². The van der Waals surface area contributed by atoms with E-state index in [4.69, 9.17) is 4.74 Å². The van der Waals surface area contributed by atoms with Crippen LogP contribution in [-0.4, -0.2) is 73.2 Å². The molecule has 0 fully saturated rings. The van der Waals surface area contributed by atoms with Crippen LogP contribution in [0.1, 0.15) is 45.1 Å². The van der Waals surface area contributed by atoms with Gasteiger partial charge in [0.2, 0.25) is 17.7 Å². The highest BCUT2D eigenvalue weighted by atomic mass is 16.5. The first-order chi connectivity index (χ1) is 18.0. The highest BCUT2D eigenvalue weighted by molar-refractivity contribution is 5.94. The molecule has 0 aliphatic carbocycles. The highest BCUT2D eigenvalue weighted by Crippen LogP contribution is 2.10. The van der Waals surface area contributed by atoms with E-state index in [1.54, 1.807) is 24.3 Å². The van der Waals surface area contributed by atoms with Gasteiger partial charge < -0.3 is 30.5 Å². The molecule has 0 saturated heterocycles. The summed E-state index contributed by atoms with van der Waals surface area (Å²) in [5, 5.41) is 17.8. The van der Waals surface area contributed by atoms with E-state index in [-0.39, 0.29) is 38.0 Å². The lowest BCUT2D eigenvalue weighted by atomic mass is 10.00. The lowest BCUT2D eigenvalue weighted by Crippen LogP contribution is -2.57. The fraction of sp³-hybridized carbons (Fsp3) is 0.519. The molecule has 0 saturated carbocycles. The highest BCUT2D eigenvalue weighted by Gasteiger charge is 2.31. The molecule has 0 bridgehead atoms. The molecule has 38 heavy (non-hydrogen) atoms. The summed E-state index contributed by atoms with van der Waals surface area (Å²) in [6.07, 6.45) is 0.162. The van der Waals surface area contributed by atoms with Gasteiger partial charge in [0.25, 0.3) is 0 Å². The Morgan fingerprint density at radius 3 is 2.03 bits per heavy atom. The Balaban J connectivity index is 3.11. The van der Waals surface area contributed by atoms with Crippen LogP contribution in [0.5, 0.6) is 0 Å². The average Bonchev–Trinajstić information content (AvgIpc) is 2.89. The number of esters is 2. The number of hydrogen-bond acceptors (Lipinski definition) is 8. The standard InChI is InChI=1S/C27H39N3O8/c1-6-10-22(31)26(35)30-21(16-18-11-8-7-9-12-18)25(34)29-20(15-17(2)3)24(33)28-19(27(36)38-5)13-14-23(32)37-4/h6-9,11-12,17,19-22,31H,1,10,13-16H2,2-5H3,(H,28,33)(H,29,34)(H,30,35)/t19-,20-,21-,22?/m0/s1. The third kappa shape index (κ3) is 11.5. The van der Waals surface area contributed by atoms with Crippen molar-refractivity contribution in [2.45, 2.75) is 70.2 Å². The van der Waals surface area contributed by atoms with E-state index in [1.807, 2.05) is 19.9 Å². The number of carbonyl (C=O) groups excluding carboxylic acids is 5. The number of aliphatic hydroxyl groups excluding tert-OH is 1. The van der Waals surface area contributed by atoms with E-state index in [9.17, 15) is 29.1 Å². The monoisotopic (exact) mass is 533 g/mol. The summed E-state index contributed by atoms with van der Waals surface area (Å²) in [6, 6.07) is 5.67. The number of hydrogen-bond donors (Lipinski definition) is 4. The van der Waals surface area contributed by atoms with Gasteiger partial charge in [0.05, 0.1) is 14.2 Å². The van der Waals surface area contributed by atoms with Crippen molar-refractivity contribution < 1.29 is 38.6 Å². The molecule has 0 aromatic heterocycles. The van der Waals surface area contributed by atoms with Gasteiger partial charge in [-0.3, -0.25) is 19.2 Å². The lowest BCUT2D eigenvalue weighted by Gasteiger charge is -2.26. The van der Waals surface area contributed by atoms with Gasteiger partial charge in [0, 0.05) is 19.3 Å². The Hall–Kier alpha value is -3.73. The van der Waals surface area contributed by atoms with Crippen LogP contribution in [0.4, 0.5) is 0 Å². The number of methoxy groups -OCH3 is 2. The van der Waals surface area contributed by atoms with Crippen LogP contribution >= 0.6 is 0 Å². The SMILES string of the molecule is C=CCC(O)C(=O)N[C@@H](Cc1ccccc1)C(=O)N[C@@H](CC(C)C)C(=O)N[C@@H](CCC(=O)OC)C(=O)OC. The average molecular weight is 534 g/mol. The third-order valence-corrected chi connectivity index (χ3v) is 5.62. The number of rotatable bonds is 16. The summed E-state index contributed by atoms with van der Waals surface area (Å²) in [4.78, 5) is 62.7. The summed E-state index contributed by atoms with van der Waals surface area (Å²) >= 11 is 0. The van der Waals surface area contributed by atoms with Crippen LogP contribution in [0.2, 0.25) is 0 Å². The van der Waals surface area contributed by atoms with E-state index in [2.05, 4.69) is 27.3 Å². The van der Waals surface area contributed by atoms with Gasteiger partial charge in [-0.15, -0.1) is 6.58 Å². The van der Waals surface area contributed by atoms with E-state index in [0.29, 0.717) is 0 Å². The topological polar surface area (TPSA) is 160 Å². The molecule has 210 valence electrons. The maximum atomic E-state index is 13.3. The van der Waals surface area contributed by atoms with Crippen molar-refractivity contribution in [3.8, 4) is 0 Å². The zero-order valence-corrected chi connectivity index (χ0v) is 22.4. The van der Waals surface area contributed by atoms with Crippen molar-refractivity contribution in [2.75, 3.05) is 14.2 Å². The summed E-state index contributed by atoms with van der Waals surface area (Å²) in [6.45, 7) is 7.21. The van der Waals surface area contributed by atoms with Crippen molar-refractivity contribution in [3.63, 3.8) is 0 Å². The van der Waals surface area contributed by atoms with Gasteiger partial charge in [0.1, 0.15) is 24.2 Å². The number of nitrogens with one attached hydrogen (secondary N) is 3. The molecule has 1 aromatic rings. The fourth-order valence-corrected chi connectivity index (χ4v) is 3.59. The summed E-state index contributed by atoms with van der Waals surface area (Å²) < 4.78 is 9.33. The molecular weight excluding hydrogens is 494 g/mol. The molecule has 1 unspecified atom stereocenters. The van der Waals surface area contributed by atoms with Gasteiger partial charge in [-0.25, -0.2) is 4.79 Å². The second-order valence-electron chi connectivity index (χ2n) is 9.18. The predicted molar refractivity (Wildman–Crippen MR) is 139 cm³/mol. The molecule has 11 nitrogen and oxygen atoms in total. The molecule has 4 N–H and O–H groups in total. The van der Waals surface area contributed by atoms with Gasteiger partial charge in [-0.2, -0.15) is 0 Å². The first kappa shape index (κ1) is 32.3. The molecule has 3 amide bonds. The molecule has 0 aliphatic rings. The minimum absolute atomic E-state index is 0.00435. The zero-order valence-electron chi connectivity index (χ0n) is 22.4. The zero-order chi connectivity index (χ0) is 28.7. The van der Waals surface area contributed by atoms with Gasteiger partial charge in [-0.1, -0.05) is 50.3 Å². The molecule has 0 spiro atoms. The molecule has 0 heterocycles. The largest absolute Gasteiger partial charge is 0.469 e. The van der Waals surface area contributed by atoms with E-state index >= 15 is 0 Å². The minimum atomic E-state index is -1.39. The number of benzene rings is 1. The Bertz CT molecular complexity index is 951. The number of aliphatic hydroxyl groups is 1. The third-order valence-electron chi connectivity index (χ3n) is 5.62. The van der Waals surface area contributed by atoms with E-state index in [1.165, 1.54) is 13.2 Å². The number of amides is 3. The van der Waals surface area contributed by atoms with Crippen LogP contribution < -0.4 is 16.0 Å². The van der Waals surface area contributed by atoms with Crippen molar-refractivity contribution in [3.05, 3.63) is 48.6 Å². The first-order valence-corrected chi connectivity index (χ1v) is 12.4. The van der Waals surface area contributed by atoms with Crippen LogP contribution in [0, 0.1) is 5.92 Å².